The zero-order valence-electron chi connectivity index (χ0n) is 9.67. The van der Waals surface area contributed by atoms with Gasteiger partial charge in [0.25, 0.3) is 0 Å². The summed E-state index contributed by atoms with van der Waals surface area (Å²) < 4.78 is 0. The fourth-order valence-electron chi connectivity index (χ4n) is 2.29. The Morgan fingerprint density at radius 1 is 1.29 bits per heavy atom. The molecule has 4 heteroatoms. The van der Waals surface area contributed by atoms with Crippen LogP contribution in [-0.4, -0.2) is 29.3 Å². The van der Waals surface area contributed by atoms with E-state index in [9.17, 15) is 9.90 Å². The van der Waals surface area contributed by atoms with Gasteiger partial charge in [-0.25, -0.2) is 0 Å². The van der Waals surface area contributed by atoms with E-state index in [1.807, 2.05) is 18.2 Å². The van der Waals surface area contributed by atoms with Gasteiger partial charge in [-0.05, 0) is 18.9 Å². The molecule has 1 aliphatic heterocycles. The van der Waals surface area contributed by atoms with E-state index < -0.39 is 12.1 Å². The minimum atomic E-state index is -0.978. The molecule has 1 saturated heterocycles. The highest BCUT2D eigenvalue weighted by Crippen LogP contribution is 2.30. The summed E-state index contributed by atoms with van der Waals surface area (Å²) in [6.45, 7) is 1.97. The predicted octanol–water partition coefficient (Wildman–Crippen LogP) is 1.79. The van der Waals surface area contributed by atoms with E-state index in [1.165, 1.54) is 0 Å². The van der Waals surface area contributed by atoms with Crippen LogP contribution in [0.2, 0.25) is 0 Å². The third-order valence-electron chi connectivity index (χ3n) is 3.11. The monoisotopic (exact) mass is 235 g/mol. The molecule has 0 spiro atoms. The van der Waals surface area contributed by atoms with Gasteiger partial charge >= 0.3 is 5.97 Å². The van der Waals surface area contributed by atoms with Gasteiger partial charge in [-0.15, -0.1) is 0 Å². The average Bonchev–Trinajstić information content (AvgIpc) is 2.81. The fourth-order valence-corrected chi connectivity index (χ4v) is 2.29. The first-order valence-corrected chi connectivity index (χ1v) is 5.92. The quantitative estimate of drug-likeness (QED) is 0.835. The maximum absolute atomic E-state index is 10.6. The number of aliphatic carboxylic acids is 1. The number of hydrogen-bond donors (Lipinski definition) is 2. The van der Waals surface area contributed by atoms with Crippen LogP contribution in [0.25, 0.3) is 0 Å². The molecule has 17 heavy (non-hydrogen) atoms. The number of hydrogen-bond acceptors (Lipinski definition) is 3. The molecule has 1 atom stereocenters. The number of aliphatic hydroxyl groups excluding tert-OH is 1. The van der Waals surface area contributed by atoms with Crippen LogP contribution in [0.1, 0.15) is 30.9 Å². The van der Waals surface area contributed by atoms with Crippen molar-refractivity contribution in [3.05, 3.63) is 29.8 Å². The molecule has 0 saturated carbocycles. The maximum Gasteiger partial charge on any atom is 0.306 e. The van der Waals surface area contributed by atoms with Crippen LogP contribution in [0.4, 0.5) is 5.69 Å². The number of benzene rings is 1. The van der Waals surface area contributed by atoms with Crippen LogP contribution in [0.5, 0.6) is 0 Å². The molecular formula is C13H17NO3. The number of para-hydroxylation sites is 1. The lowest BCUT2D eigenvalue weighted by Gasteiger charge is -2.23. The van der Waals surface area contributed by atoms with Crippen LogP contribution in [0.3, 0.4) is 0 Å². The summed E-state index contributed by atoms with van der Waals surface area (Å²) in [7, 11) is 0. The molecule has 1 heterocycles. The Labute approximate surface area is 100 Å². The van der Waals surface area contributed by atoms with Gasteiger partial charge in [0.05, 0.1) is 12.5 Å². The van der Waals surface area contributed by atoms with Crippen molar-refractivity contribution in [2.45, 2.75) is 25.4 Å². The van der Waals surface area contributed by atoms with Gasteiger partial charge in [0.1, 0.15) is 0 Å². The summed E-state index contributed by atoms with van der Waals surface area (Å²) in [6, 6.07) is 7.51. The molecule has 1 aromatic carbocycles. The Morgan fingerprint density at radius 2 is 1.94 bits per heavy atom. The minimum Gasteiger partial charge on any atom is -0.481 e. The number of carbonyl (C=O) groups is 1. The highest BCUT2D eigenvalue weighted by Gasteiger charge is 2.20. The summed E-state index contributed by atoms with van der Waals surface area (Å²) in [5.74, 6) is -0.978. The van der Waals surface area contributed by atoms with E-state index in [0.717, 1.165) is 37.2 Å². The lowest BCUT2D eigenvalue weighted by Crippen LogP contribution is -2.20. The molecule has 0 aliphatic carbocycles. The van der Waals surface area contributed by atoms with Gasteiger partial charge in [-0.2, -0.15) is 0 Å². The molecule has 0 radical (unpaired) electrons. The van der Waals surface area contributed by atoms with Crippen LogP contribution in [0, 0.1) is 0 Å². The molecule has 4 nitrogen and oxygen atoms in total. The molecule has 2 N–H and O–H groups in total. The van der Waals surface area contributed by atoms with Crippen molar-refractivity contribution in [2.24, 2.45) is 0 Å². The summed E-state index contributed by atoms with van der Waals surface area (Å²) in [4.78, 5) is 12.9. The van der Waals surface area contributed by atoms with Gasteiger partial charge in [-0.3, -0.25) is 4.79 Å². The summed E-state index contributed by atoms with van der Waals surface area (Å²) >= 11 is 0. The number of anilines is 1. The summed E-state index contributed by atoms with van der Waals surface area (Å²) in [5, 5.41) is 18.7. The molecule has 0 aromatic heterocycles. The van der Waals surface area contributed by atoms with Gasteiger partial charge in [0.2, 0.25) is 0 Å². The molecule has 1 aliphatic rings. The lowest BCUT2D eigenvalue weighted by molar-refractivity contribution is -0.139. The number of rotatable bonds is 4. The number of carboxylic acids is 1. The van der Waals surface area contributed by atoms with Gasteiger partial charge in [0.15, 0.2) is 0 Å². The van der Waals surface area contributed by atoms with Crippen molar-refractivity contribution in [2.75, 3.05) is 18.0 Å². The van der Waals surface area contributed by atoms with Crippen LogP contribution >= 0.6 is 0 Å². The average molecular weight is 235 g/mol. The Balaban J connectivity index is 2.23. The van der Waals surface area contributed by atoms with Crippen LogP contribution in [-0.2, 0) is 4.79 Å². The standard InChI is InChI=1S/C13H17NO3/c15-12(9-13(16)17)10-5-1-2-6-11(10)14-7-3-4-8-14/h1-2,5-6,12,15H,3-4,7-9H2,(H,16,17)/t12-/m0/s1. The van der Waals surface area contributed by atoms with Crippen LogP contribution in [0.15, 0.2) is 24.3 Å². The molecule has 0 bridgehead atoms. The Bertz CT molecular complexity index is 399. The maximum atomic E-state index is 10.6. The molecule has 0 unspecified atom stereocenters. The summed E-state index contributed by atoms with van der Waals surface area (Å²) in [5.41, 5.74) is 1.69. The largest absolute Gasteiger partial charge is 0.481 e. The Hall–Kier alpha value is -1.55. The zero-order chi connectivity index (χ0) is 12.3. The second kappa shape index (κ2) is 5.19. The molecule has 1 fully saturated rings. The van der Waals surface area contributed by atoms with Gasteiger partial charge in [-0.1, -0.05) is 18.2 Å². The molecular weight excluding hydrogens is 218 g/mol. The second-order valence-corrected chi connectivity index (χ2v) is 4.37. The zero-order valence-corrected chi connectivity index (χ0v) is 9.67. The molecule has 2 rings (SSSR count). The van der Waals surface area contributed by atoms with Crippen molar-refractivity contribution in [1.29, 1.82) is 0 Å². The minimum absolute atomic E-state index is 0.245. The van der Waals surface area contributed by atoms with Crippen molar-refractivity contribution >= 4 is 11.7 Å². The first-order chi connectivity index (χ1) is 8.18. The molecule has 92 valence electrons. The van der Waals surface area contributed by atoms with E-state index in [-0.39, 0.29) is 6.42 Å². The highest BCUT2D eigenvalue weighted by atomic mass is 16.4. The van der Waals surface area contributed by atoms with E-state index in [2.05, 4.69) is 4.90 Å². The van der Waals surface area contributed by atoms with E-state index in [1.54, 1.807) is 6.07 Å². The van der Waals surface area contributed by atoms with Crippen molar-refractivity contribution in [3.63, 3.8) is 0 Å². The number of carboxylic acid groups (broad SMARTS) is 1. The van der Waals surface area contributed by atoms with E-state index in [4.69, 9.17) is 5.11 Å². The van der Waals surface area contributed by atoms with Crippen LogP contribution < -0.4 is 4.90 Å². The number of aliphatic hydroxyl groups is 1. The fraction of sp³-hybridized carbons (Fsp3) is 0.462. The third-order valence-corrected chi connectivity index (χ3v) is 3.11. The first kappa shape index (κ1) is 11.9. The summed E-state index contributed by atoms with van der Waals surface area (Å²) in [6.07, 6.45) is 1.14. The Kier molecular flexibility index (Phi) is 3.64. The normalized spacial score (nSPS) is 17.1. The highest BCUT2D eigenvalue weighted by molar-refractivity contribution is 5.68. The topological polar surface area (TPSA) is 60.8 Å². The van der Waals surface area contributed by atoms with Crippen molar-refractivity contribution < 1.29 is 15.0 Å². The first-order valence-electron chi connectivity index (χ1n) is 5.92. The Morgan fingerprint density at radius 3 is 2.59 bits per heavy atom. The van der Waals surface area contributed by atoms with Gasteiger partial charge in [0, 0.05) is 24.3 Å². The molecule has 0 amide bonds. The third kappa shape index (κ3) is 2.77. The number of nitrogens with zero attached hydrogens (tertiary/aromatic N) is 1. The van der Waals surface area contributed by atoms with E-state index >= 15 is 0 Å². The smallest absolute Gasteiger partial charge is 0.306 e. The van der Waals surface area contributed by atoms with Crippen molar-refractivity contribution in [3.8, 4) is 0 Å². The second-order valence-electron chi connectivity index (χ2n) is 4.37. The lowest BCUT2D eigenvalue weighted by atomic mass is 10.0. The predicted molar refractivity (Wildman–Crippen MR) is 65.1 cm³/mol. The molecule has 1 aromatic rings. The van der Waals surface area contributed by atoms with Crippen molar-refractivity contribution in [1.82, 2.24) is 0 Å². The van der Waals surface area contributed by atoms with E-state index in [0.29, 0.717) is 0 Å². The SMILES string of the molecule is O=C(O)C[C@H](O)c1ccccc1N1CCCC1. The van der Waals surface area contributed by atoms with Gasteiger partial charge < -0.3 is 15.1 Å².